The molecular weight excluding hydrogens is 397 g/mol. The lowest BCUT2D eigenvalue weighted by molar-refractivity contribution is -0.124. The van der Waals surface area contributed by atoms with Crippen LogP contribution in [0.25, 0.3) is 11.0 Å². The molecule has 0 radical (unpaired) electrons. The molecule has 0 spiro atoms. The molecule has 4 aromatic rings. The standard InChI is InChI=1S/C23H18FN5O2/c24-16-8-1-2-9-17(16)26-21(30)13-20-22(31)28(14-15-7-5-6-12-25-15)23-27-18-10-3-4-11-19(18)29(20)23/h1-12,20H,13-14H2,(H,26,30)/t20-/m0/s1. The average molecular weight is 415 g/mol. The molecule has 154 valence electrons. The van der Waals surface area contributed by atoms with Crippen molar-refractivity contribution >= 4 is 34.5 Å². The van der Waals surface area contributed by atoms with Gasteiger partial charge in [0.15, 0.2) is 0 Å². The van der Waals surface area contributed by atoms with Crippen molar-refractivity contribution in [2.24, 2.45) is 0 Å². The van der Waals surface area contributed by atoms with Crippen LogP contribution >= 0.6 is 0 Å². The quantitative estimate of drug-likeness (QED) is 0.539. The van der Waals surface area contributed by atoms with Crippen LogP contribution < -0.4 is 10.2 Å². The number of hydrogen-bond acceptors (Lipinski definition) is 4. The van der Waals surface area contributed by atoms with Crippen LogP contribution in [0.4, 0.5) is 16.0 Å². The summed E-state index contributed by atoms with van der Waals surface area (Å²) in [7, 11) is 0. The number of rotatable bonds is 5. The highest BCUT2D eigenvalue weighted by Crippen LogP contribution is 2.37. The number of carbonyl (C=O) groups is 2. The van der Waals surface area contributed by atoms with Crippen molar-refractivity contribution in [2.45, 2.75) is 19.0 Å². The summed E-state index contributed by atoms with van der Waals surface area (Å²) in [5.74, 6) is -0.755. The topological polar surface area (TPSA) is 80.1 Å². The van der Waals surface area contributed by atoms with E-state index in [-0.39, 0.29) is 24.6 Å². The Kier molecular flexibility index (Phi) is 4.66. The van der Waals surface area contributed by atoms with Crippen molar-refractivity contribution in [3.05, 3.63) is 84.4 Å². The van der Waals surface area contributed by atoms with E-state index in [1.54, 1.807) is 33.9 Å². The molecule has 2 aromatic carbocycles. The average Bonchev–Trinajstić information content (AvgIpc) is 3.27. The number of aromatic nitrogens is 3. The van der Waals surface area contributed by atoms with Gasteiger partial charge in [0.1, 0.15) is 11.9 Å². The lowest BCUT2D eigenvalue weighted by Crippen LogP contribution is -2.31. The largest absolute Gasteiger partial charge is 0.324 e. The number of para-hydroxylation sites is 3. The van der Waals surface area contributed by atoms with Gasteiger partial charge in [0.25, 0.3) is 5.91 Å². The number of hydrogen-bond donors (Lipinski definition) is 1. The normalized spacial score (nSPS) is 15.3. The van der Waals surface area contributed by atoms with Crippen LogP contribution in [0.2, 0.25) is 0 Å². The Hall–Kier alpha value is -4.07. The highest BCUT2D eigenvalue weighted by atomic mass is 19.1. The van der Waals surface area contributed by atoms with E-state index in [4.69, 9.17) is 0 Å². The Balaban J connectivity index is 1.48. The molecule has 0 fully saturated rings. The summed E-state index contributed by atoms with van der Waals surface area (Å²) in [4.78, 5) is 36.5. The van der Waals surface area contributed by atoms with E-state index in [2.05, 4.69) is 15.3 Å². The molecule has 7 nitrogen and oxygen atoms in total. The van der Waals surface area contributed by atoms with Crippen LogP contribution in [-0.2, 0) is 16.1 Å². The van der Waals surface area contributed by atoms with E-state index in [9.17, 15) is 14.0 Å². The van der Waals surface area contributed by atoms with Gasteiger partial charge in [0, 0.05) is 6.20 Å². The highest BCUT2D eigenvalue weighted by Gasteiger charge is 2.41. The van der Waals surface area contributed by atoms with Crippen molar-refractivity contribution < 1.29 is 14.0 Å². The van der Waals surface area contributed by atoms with Crippen molar-refractivity contribution in [1.82, 2.24) is 14.5 Å². The molecule has 31 heavy (non-hydrogen) atoms. The smallest absolute Gasteiger partial charge is 0.253 e. The third kappa shape index (κ3) is 3.42. The number of imidazole rings is 1. The second-order valence-electron chi connectivity index (χ2n) is 7.26. The van der Waals surface area contributed by atoms with Crippen LogP contribution in [0.15, 0.2) is 72.9 Å². The number of anilines is 2. The minimum atomic E-state index is -0.780. The number of carbonyl (C=O) groups excluding carboxylic acids is 2. The van der Waals surface area contributed by atoms with Gasteiger partial charge in [-0.3, -0.25) is 24.0 Å². The third-order valence-electron chi connectivity index (χ3n) is 5.25. The van der Waals surface area contributed by atoms with Gasteiger partial charge in [-0.15, -0.1) is 0 Å². The van der Waals surface area contributed by atoms with Crippen LogP contribution in [0.1, 0.15) is 18.2 Å². The zero-order valence-corrected chi connectivity index (χ0v) is 16.4. The molecule has 0 saturated heterocycles. The molecule has 8 heteroatoms. The Bertz CT molecular complexity index is 1290. The predicted molar refractivity (Wildman–Crippen MR) is 114 cm³/mol. The van der Waals surface area contributed by atoms with Crippen LogP contribution in [0.5, 0.6) is 0 Å². The minimum absolute atomic E-state index is 0.0824. The van der Waals surface area contributed by atoms with E-state index in [1.807, 2.05) is 36.4 Å². The van der Waals surface area contributed by atoms with E-state index in [1.165, 1.54) is 12.1 Å². The summed E-state index contributed by atoms with van der Waals surface area (Å²) in [6.07, 6.45) is 1.53. The summed E-state index contributed by atoms with van der Waals surface area (Å²) >= 11 is 0. The zero-order chi connectivity index (χ0) is 21.4. The van der Waals surface area contributed by atoms with Gasteiger partial charge >= 0.3 is 0 Å². The highest BCUT2D eigenvalue weighted by molar-refractivity contribution is 6.05. The minimum Gasteiger partial charge on any atom is -0.324 e. The van der Waals surface area contributed by atoms with E-state index in [0.29, 0.717) is 11.6 Å². The number of nitrogens with one attached hydrogen (secondary N) is 1. The van der Waals surface area contributed by atoms with Gasteiger partial charge in [-0.2, -0.15) is 0 Å². The fraction of sp³-hybridized carbons (Fsp3) is 0.130. The fourth-order valence-electron chi connectivity index (χ4n) is 3.84. The molecule has 1 aliphatic heterocycles. The SMILES string of the molecule is O=C(C[C@H]1C(=O)N(Cc2ccccn2)c2nc3ccccc3n21)Nc1ccccc1F. The summed E-state index contributed by atoms with van der Waals surface area (Å²) in [5, 5.41) is 2.56. The molecular formula is C23H18FN5O2. The van der Waals surface area contributed by atoms with Gasteiger partial charge in [0.2, 0.25) is 11.9 Å². The predicted octanol–water partition coefficient (Wildman–Crippen LogP) is 3.69. The molecule has 2 amide bonds. The number of pyridine rings is 1. The van der Waals surface area contributed by atoms with Gasteiger partial charge in [-0.1, -0.05) is 30.3 Å². The first-order valence-corrected chi connectivity index (χ1v) is 9.84. The maximum Gasteiger partial charge on any atom is 0.253 e. The Morgan fingerprint density at radius 3 is 2.61 bits per heavy atom. The number of nitrogens with zero attached hydrogens (tertiary/aromatic N) is 4. The summed E-state index contributed by atoms with van der Waals surface area (Å²) in [6, 6.07) is 18.1. The zero-order valence-electron chi connectivity index (χ0n) is 16.4. The Morgan fingerprint density at radius 1 is 1.03 bits per heavy atom. The van der Waals surface area contributed by atoms with Gasteiger partial charge in [-0.25, -0.2) is 9.37 Å². The molecule has 1 aliphatic rings. The van der Waals surface area contributed by atoms with Crippen molar-refractivity contribution in [1.29, 1.82) is 0 Å². The molecule has 1 N–H and O–H groups in total. The number of fused-ring (bicyclic) bond motifs is 3. The molecule has 0 aliphatic carbocycles. The first-order chi connectivity index (χ1) is 15.1. The lowest BCUT2D eigenvalue weighted by Gasteiger charge is -2.15. The van der Waals surface area contributed by atoms with Gasteiger partial charge < -0.3 is 5.32 Å². The first-order valence-electron chi connectivity index (χ1n) is 9.84. The number of benzene rings is 2. The molecule has 0 saturated carbocycles. The molecule has 0 unspecified atom stereocenters. The van der Waals surface area contributed by atoms with Crippen molar-refractivity contribution in [3.63, 3.8) is 0 Å². The molecule has 5 rings (SSSR count). The number of halogens is 1. The maximum atomic E-state index is 13.9. The summed E-state index contributed by atoms with van der Waals surface area (Å²) in [5.41, 5.74) is 2.29. The first kappa shape index (κ1) is 18.9. The van der Waals surface area contributed by atoms with Crippen molar-refractivity contribution in [2.75, 3.05) is 10.2 Å². The second-order valence-corrected chi connectivity index (χ2v) is 7.26. The van der Waals surface area contributed by atoms with Crippen LogP contribution in [-0.4, -0.2) is 26.3 Å². The van der Waals surface area contributed by atoms with E-state index in [0.717, 1.165) is 11.0 Å². The van der Waals surface area contributed by atoms with Crippen LogP contribution in [0, 0.1) is 5.82 Å². The lowest BCUT2D eigenvalue weighted by atomic mass is 10.1. The van der Waals surface area contributed by atoms with Crippen LogP contribution in [0.3, 0.4) is 0 Å². The molecule has 2 aromatic heterocycles. The Labute approximate surface area is 177 Å². The second kappa shape index (κ2) is 7.64. The van der Waals surface area contributed by atoms with Crippen molar-refractivity contribution in [3.8, 4) is 0 Å². The molecule has 0 bridgehead atoms. The maximum absolute atomic E-state index is 13.9. The summed E-state index contributed by atoms with van der Waals surface area (Å²) in [6.45, 7) is 0.244. The molecule has 3 heterocycles. The van der Waals surface area contributed by atoms with Gasteiger partial charge in [0.05, 0.1) is 35.4 Å². The summed E-state index contributed by atoms with van der Waals surface area (Å²) < 4.78 is 15.7. The van der Waals surface area contributed by atoms with Gasteiger partial charge in [-0.05, 0) is 36.4 Å². The van der Waals surface area contributed by atoms with E-state index < -0.39 is 17.8 Å². The Morgan fingerprint density at radius 2 is 1.81 bits per heavy atom. The van der Waals surface area contributed by atoms with E-state index >= 15 is 0 Å². The molecule has 1 atom stereocenters. The number of amides is 2. The monoisotopic (exact) mass is 415 g/mol. The fourth-order valence-corrected chi connectivity index (χ4v) is 3.84. The third-order valence-corrected chi connectivity index (χ3v) is 5.25.